The Morgan fingerprint density at radius 3 is 2.90 bits per heavy atom. The summed E-state index contributed by atoms with van der Waals surface area (Å²) in [5.41, 5.74) is 0.740. The number of anilines is 1. The minimum atomic E-state index is -0.202. The van der Waals surface area contributed by atoms with E-state index in [1.807, 2.05) is 29.0 Å². The molecule has 0 spiro atoms. The Hall–Kier alpha value is -3.11. The van der Waals surface area contributed by atoms with E-state index in [0.29, 0.717) is 23.2 Å². The second kappa shape index (κ2) is 11.2. The first-order chi connectivity index (χ1) is 14.7. The van der Waals surface area contributed by atoms with Crippen LogP contribution in [0.1, 0.15) is 28.2 Å². The van der Waals surface area contributed by atoms with Gasteiger partial charge in [0.15, 0.2) is 5.13 Å². The highest BCUT2D eigenvalue weighted by molar-refractivity contribution is 7.17. The molecule has 0 saturated heterocycles. The maximum Gasteiger partial charge on any atom is 0.263 e. The van der Waals surface area contributed by atoms with Crippen molar-refractivity contribution in [2.45, 2.75) is 25.9 Å². The van der Waals surface area contributed by atoms with Crippen LogP contribution in [0.5, 0.6) is 0 Å². The van der Waals surface area contributed by atoms with E-state index >= 15 is 0 Å². The minimum Gasteiger partial charge on any atom is -0.384 e. The molecule has 3 heterocycles. The van der Waals surface area contributed by atoms with Gasteiger partial charge >= 0.3 is 0 Å². The molecule has 9 nitrogen and oxygen atoms in total. The van der Waals surface area contributed by atoms with Crippen molar-refractivity contribution in [2.75, 3.05) is 25.2 Å². The second-order valence-corrected chi connectivity index (χ2v) is 7.47. The van der Waals surface area contributed by atoms with E-state index < -0.39 is 0 Å². The van der Waals surface area contributed by atoms with Crippen LogP contribution >= 0.6 is 11.3 Å². The van der Waals surface area contributed by atoms with E-state index in [9.17, 15) is 9.59 Å². The predicted octanol–water partition coefficient (Wildman–Crippen LogP) is 2.12. The maximum atomic E-state index is 12.7. The quantitative estimate of drug-likeness (QED) is 0.470. The molecular weight excluding hydrogens is 404 g/mol. The first-order valence-corrected chi connectivity index (χ1v) is 10.4. The zero-order valence-electron chi connectivity index (χ0n) is 16.7. The summed E-state index contributed by atoms with van der Waals surface area (Å²) in [5.74, 6) is -0.337. The summed E-state index contributed by atoms with van der Waals surface area (Å²) in [5, 5.41) is 3.35. The number of rotatable bonds is 11. The van der Waals surface area contributed by atoms with Crippen molar-refractivity contribution in [1.29, 1.82) is 0 Å². The monoisotopic (exact) mass is 428 g/mol. The number of aromatic nitrogens is 4. The zero-order valence-corrected chi connectivity index (χ0v) is 17.5. The van der Waals surface area contributed by atoms with Gasteiger partial charge in [0.25, 0.3) is 5.91 Å². The third-order valence-electron chi connectivity index (χ3n) is 4.25. The fourth-order valence-electron chi connectivity index (χ4n) is 2.70. The molecule has 0 radical (unpaired) electrons. The highest BCUT2D eigenvalue weighted by Crippen LogP contribution is 2.24. The number of methoxy groups -OCH3 is 1. The van der Waals surface area contributed by atoms with Crippen LogP contribution in [0.25, 0.3) is 0 Å². The van der Waals surface area contributed by atoms with Crippen molar-refractivity contribution in [3.05, 3.63) is 59.9 Å². The smallest absolute Gasteiger partial charge is 0.263 e. The number of carbonyl (C=O) groups excluding carboxylic acids is 2. The van der Waals surface area contributed by atoms with Crippen LogP contribution in [0.3, 0.4) is 0 Å². The van der Waals surface area contributed by atoms with Crippen molar-refractivity contribution in [2.24, 2.45) is 0 Å². The van der Waals surface area contributed by atoms with Crippen molar-refractivity contribution < 1.29 is 14.3 Å². The van der Waals surface area contributed by atoms with Crippen molar-refractivity contribution in [3.8, 4) is 0 Å². The molecule has 1 N–H and O–H groups in total. The standard InChI is InChI=1S/C20H24N6O3S/c1-29-12-6-18(27)26(14-16-5-2-3-7-22-16)20-24-13-17(30-20)19(28)23-8-4-10-25-11-9-21-15-25/h2-3,5,7,9,11,13,15H,4,6,8,10,12,14H2,1H3,(H,23,28). The van der Waals surface area contributed by atoms with E-state index in [1.165, 1.54) is 17.5 Å². The average Bonchev–Trinajstić information content (AvgIpc) is 3.46. The Labute approximate surface area is 178 Å². The maximum absolute atomic E-state index is 12.7. The van der Waals surface area contributed by atoms with Crippen LogP contribution < -0.4 is 10.2 Å². The van der Waals surface area contributed by atoms with E-state index in [2.05, 4.69) is 20.3 Å². The minimum absolute atomic E-state index is 0.135. The molecule has 0 bridgehead atoms. The Morgan fingerprint density at radius 1 is 1.27 bits per heavy atom. The molecule has 3 aromatic heterocycles. The van der Waals surface area contributed by atoms with Gasteiger partial charge < -0.3 is 14.6 Å². The number of carbonyl (C=O) groups is 2. The number of ether oxygens (including phenoxy) is 1. The molecule has 3 aromatic rings. The molecule has 0 aromatic carbocycles. The molecule has 158 valence electrons. The topological polar surface area (TPSA) is 102 Å². The number of hydrogen-bond acceptors (Lipinski definition) is 7. The Bertz CT molecular complexity index is 929. The summed E-state index contributed by atoms with van der Waals surface area (Å²) in [4.78, 5) is 39.7. The Balaban J connectivity index is 1.61. The van der Waals surface area contributed by atoms with Gasteiger partial charge in [-0.25, -0.2) is 9.97 Å². The summed E-state index contributed by atoms with van der Waals surface area (Å²) in [6.07, 6.45) is 9.54. The molecule has 30 heavy (non-hydrogen) atoms. The number of pyridine rings is 1. The van der Waals surface area contributed by atoms with Gasteiger partial charge in [0.05, 0.1) is 37.8 Å². The lowest BCUT2D eigenvalue weighted by molar-refractivity contribution is -0.119. The first-order valence-electron chi connectivity index (χ1n) is 9.56. The fraction of sp³-hybridized carbons (Fsp3) is 0.350. The summed E-state index contributed by atoms with van der Waals surface area (Å²) in [6, 6.07) is 5.53. The average molecular weight is 429 g/mol. The molecule has 10 heteroatoms. The SMILES string of the molecule is COCCC(=O)N(Cc1ccccn1)c1ncc(C(=O)NCCCn2ccnc2)s1. The molecule has 0 fully saturated rings. The number of hydrogen-bond donors (Lipinski definition) is 1. The zero-order chi connectivity index (χ0) is 21.2. The fourth-order valence-corrected chi connectivity index (χ4v) is 3.55. The van der Waals surface area contributed by atoms with E-state index in [0.717, 1.165) is 18.7 Å². The van der Waals surface area contributed by atoms with Crippen molar-refractivity contribution in [1.82, 2.24) is 24.8 Å². The molecule has 0 unspecified atom stereocenters. The number of nitrogens with zero attached hydrogens (tertiary/aromatic N) is 5. The predicted molar refractivity (Wildman–Crippen MR) is 113 cm³/mol. The van der Waals surface area contributed by atoms with Gasteiger partial charge in [0.2, 0.25) is 5.91 Å². The van der Waals surface area contributed by atoms with E-state index in [-0.39, 0.29) is 24.8 Å². The van der Waals surface area contributed by atoms with Gasteiger partial charge in [-0.3, -0.25) is 19.5 Å². The van der Waals surface area contributed by atoms with Gasteiger partial charge in [0, 0.05) is 38.8 Å². The van der Waals surface area contributed by atoms with Gasteiger partial charge in [-0.1, -0.05) is 17.4 Å². The third-order valence-corrected chi connectivity index (χ3v) is 5.27. The van der Waals surface area contributed by atoms with Crippen LogP contribution in [0, 0.1) is 0 Å². The van der Waals surface area contributed by atoms with Gasteiger partial charge in [-0.15, -0.1) is 0 Å². The van der Waals surface area contributed by atoms with E-state index in [4.69, 9.17) is 4.74 Å². The van der Waals surface area contributed by atoms with Crippen molar-refractivity contribution in [3.63, 3.8) is 0 Å². The van der Waals surface area contributed by atoms with Crippen LogP contribution in [0.4, 0.5) is 5.13 Å². The van der Waals surface area contributed by atoms with Crippen LogP contribution in [-0.2, 0) is 22.6 Å². The highest BCUT2D eigenvalue weighted by Gasteiger charge is 2.21. The summed E-state index contributed by atoms with van der Waals surface area (Å²) in [7, 11) is 1.55. The molecule has 0 aliphatic heterocycles. The Morgan fingerprint density at radius 2 is 2.17 bits per heavy atom. The van der Waals surface area contributed by atoms with Gasteiger partial charge in [-0.05, 0) is 18.6 Å². The lowest BCUT2D eigenvalue weighted by Crippen LogP contribution is -2.31. The van der Waals surface area contributed by atoms with Crippen LogP contribution in [-0.4, -0.2) is 51.6 Å². The molecule has 0 aliphatic rings. The van der Waals surface area contributed by atoms with E-state index in [1.54, 1.807) is 30.7 Å². The first kappa shape index (κ1) is 21.6. The number of amides is 2. The highest BCUT2D eigenvalue weighted by atomic mass is 32.1. The number of thiazole rings is 1. The van der Waals surface area contributed by atoms with Gasteiger partial charge in [0.1, 0.15) is 4.88 Å². The summed E-state index contributed by atoms with van der Waals surface area (Å²) >= 11 is 1.18. The summed E-state index contributed by atoms with van der Waals surface area (Å²) in [6.45, 7) is 1.91. The molecular formula is C20H24N6O3S. The molecule has 0 aliphatic carbocycles. The Kier molecular flexibility index (Phi) is 8.04. The molecule has 0 saturated carbocycles. The second-order valence-electron chi connectivity index (χ2n) is 6.46. The summed E-state index contributed by atoms with van der Waals surface area (Å²) < 4.78 is 6.98. The lowest BCUT2D eigenvalue weighted by atomic mass is 10.3. The van der Waals surface area contributed by atoms with Gasteiger partial charge in [-0.2, -0.15) is 0 Å². The van der Waals surface area contributed by atoms with Crippen molar-refractivity contribution >= 4 is 28.3 Å². The molecule has 0 atom stereocenters. The number of imidazole rings is 1. The third kappa shape index (κ3) is 6.19. The molecule has 3 rings (SSSR count). The van der Waals surface area contributed by atoms with Crippen LogP contribution in [0.15, 0.2) is 49.3 Å². The number of aryl methyl sites for hydroxylation is 1. The van der Waals surface area contributed by atoms with Crippen LogP contribution in [0.2, 0.25) is 0 Å². The lowest BCUT2D eigenvalue weighted by Gasteiger charge is -2.19. The largest absolute Gasteiger partial charge is 0.384 e. The number of nitrogens with one attached hydrogen (secondary N) is 1. The molecule has 2 amide bonds. The normalized spacial score (nSPS) is 10.7.